The molecule has 0 fully saturated rings. The van der Waals surface area contributed by atoms with Crippen molar-refractivity contribution in [2.75, 3.05) is 11.2 Å². The fourth-order valence-electron chi connectivity index (χ4n) is 0.951. The molecular weight excluding hydrogens is 214 g/mol. The minimum Gasteiger partial charge on any atom is -0.309 e. The predicted molar refractivity (Wildman–Crippen MR) is 61.0 cm³/mol. The molecular formula is C10H16ClN3O. The summed E-state index contributed by atoms with van der Waals surface area (Å²) >= 11 is 5.70. The average Bonchev–Trinajstić information content (AvgIpc) is 2.65. The smallest absolute Gasteiger partial charge is 0.232 e. The first-order valence-corrected chi connectivity index (χ1v) is 5.44. The van der Waals surface area contributed by atoms with E-state index >= 15 is 0 Å². The second kappa shape index (κ2) is 4.66. The largest absolute Gasteiger partial charge is 0.309 e. The summed E-state index contributed by atoms with van der Waals surface area (Å²) in [6.45, 7) is 6.37. The van der Waals surface area contributed by atoms with Gasteiger partial charge in [-0.05, 0) is 20.8 Å². The first-order valence-electron chi connectivity index (χ1n) is 4.90. The molecule has 1 N–H and O–H groups in total. The maximum Gasteiger partial charge on any atom is 0.232 e. The molecule has 0 aliphatic heterocycles. The average molecular weight is 230 g/mol. The Bertz CT molecular complexity index is 346. The monoisotopic (exact) mass is 229 g/mol. The SMILES string of the molecule is CCn1ccc(NC(=O)C(C)(C)CCl)n1. The molecule has 1 aromatic rings. The number of carbonyl (C=O) groups is 1. The van der Waals surface area contributed by atoms with Gasteiger partial charge < -0.3 is 5.32 Å². The highest BCUT2D eigenvalue weighted by Gasteiger charge is 2.26. The standard InChI is InChI=1S/C10H16ClN3O/c1-4-14-6-5-8(13-14)12-9(15)10(2,3)7-11/h5-6H,4,7H2,1-3H3,(H,12,13,15). The Morgan fingerprint density at radius 3 is 2.80 bits per heavy atom. The van der Waals surface area contributed by atoms with Crippen LogP contribution in [-0.2, 0) is 11.3 Å². The van der Waals surface area contributed by atoms with Gasteiger partial charge in [-0.15, -0.1) is 11.6 Å². The van der Waals surface area contributed by atoms with Gasteiger partial charge in [0.05, 0.1) is 5.41 Å². The minimum atomic E-state index is -0.572. The molecule has 5 heteroatoms. The van der Waals surface area contributed by atoms with Crippen LogP contribution in [0.15, 0.2) is 12.3 Å². The molecule has 0 bridgehead atoms. The molecule has 15 heavy (non-hydrogen) atoms. The zero-order valence-electron chi connectivity index (χ0n) is 9.25. The number of hydrogen-bond donors (Lipinski definition) is 1. The topological polar surface area (TPSA) is 46.9 Å². The van der Waals surface area contributed by atoms with Crippen molar-refractivity contribution in [2.24, 2.45) is 5.41 Å². The minimum absolute atomic E-state index is 0.112. The molecule has 1 rings (SSSR count). The summed E-state index contributed by atoms with van der Waals surface area (Å²) in [6.07, 6.45) is 1.82. The van der Waals surface area contributed by atoms with E-state index in [2.05, 4.69) is 10.4 Å². The molecule has 1 heterocycles. The normalized spacial score (nSPS) is 11.5. The molecule has 0 atom stereocenters. The number of aryl methyl sites for hydroxylation is 1. The molecule has 0 aliphatic carbocycles. The fourth-order valence-corrected chi connectivity index (χ4v) is 1.07. The van der Waals surface area contributed by atoms with Crippen molar-refractivity contribution in [3.8, 4) is 0 Å². The molecule has 84 valence electrons. The van der Waals surface area contributed by atoms with E-state index in [1.54, 1.807) is 24.6 Å². The maximum atomic E-state index is 11.7. The Morgan fingerprint density at radius 2 is 2.33 bits per heavy atom. The predicted octanol–water partition coefficient (Wildman–Crippen LogP) is 2.11. The second-order valence-corrected chi connectivity index (χ2v) is 4.30. The lowest BCUT2D eigenvalue weighted by molar-refractivity contribution is -0.123. The van der Waals surface area contributed by atoms with Gasteiger partial charge in [-0.1, -0.05) is 0 Å². The Labute approximate surface area is 94.6 Å². The number of amides is 1. The number of alkyl halides is 1. The van der Waals surface area contributed by atoms with Crippen LogP contribution in [0.3, 0.4) is 0 Å². The molecule has 0 unspecified atom stereocenters. The van der Waals surface area contributed by atoms with Crippen molar-refractivity contribution in [1.82, 2.24) is 9.78 Å². The summed E-state index contributed by atoms with van der Waals surface area (Å²) < 4.78 is 1.75. The van der Waals surface area contributed by atoms with Crippen LogP contribution in [0.2, 0.25) is 0 Å². The molecule has 0 radical (unpaired) electrons. The number of rotatable bonds is 4. The van der Waals surface area contributed by atoms with Gasteiger partial charge in [-0.3, -0.25) is 9.48 Å². The molecule has 0 aliphatic rings. The van der Waals surface area contributed by atoms with E-state index < -0.39 is 5.41 Å². The molecule has 0 saturated heterocycles. The lowest BCUT2D eigenvalue weighted by Gasteiger charge is -2.19. The third kappa shape index (κ3) is 2.96. The van der Waals surface area contributed by atoms with Gasteiger partial charge in [0, 0.05) is 24.7 Å². The Hall–Kier alpha value is -1.03. The van der Waals surface area contributed by atoms with Crippen LogP contribution in [0.5, 0.6) is 0 Å². The fraction of sp³-hybridized carbons (Fsp3) is 0.600. The van der Waals surface area contributed by atoms with E-state index in [1.165, 1.54) is 0 Å². The number of nitrogens with one attached hydrogen (secondary N) is 1. The number of carbonyl (C=O) groups excluding carboxylic acids is 1. The molecule has 0 aromatic carbocycles. The van der Waals surface area contributed by atoms with Crippen molar-refractivity contribution < 1.29 is 4.79 Å². The van der Waals surface area contributed by atoms with Crippen molar-refractivity contribution in [3.05, 3.63) is 12.3 Å². The number of anilines is 1. The number of nitrogens with zero attached hydrogens (tertiary/aromatic N) is 2. The summed E-state index contributed by atoms with van der Waals surface area (Å²) in [5, 5.41) is 6.89. The van der Waals surface area contributed by atoms with Crippen molar-refractivity contribution in [2.45, 2.75) is 27.3 Å². The van der Waals surface area contributed by atoms with Gasteiger partial charge in [-0.2, -0.15) is 5.10 Å². The number of aromatic nitrogens is 2. The van der Waals surface area contributed by atoms with E-state index in [-0.39, 0.29) is 11.8 Å². The van der Waals surface area contributed by atoms with Crippen LogP contribution in [0.25, 0.3) is 0 Å². The van der Waals surface area contributed by atoms with Crippen molar-refractivity contribution >= 4 is 23.3 Å². The van der Waals surface area contributed by atoms with E-state index in [0.29, 0.717) is 5.82 Å². The van der Waals surface area contributed by atoms with Crippen molar-refractivity contribution in [1.29, 1.82) is 0 Å². The zero-order valence-corrected chi connectivity index (χ0v) is 10.0. The van der Waals surface area contributed by atoms with E-state index in [1.807, 2.05) is 13.1 Å². The maximum absolute atomic E-state index is 11.7. The molecule has 1 amide bonds. The van der Waals surface area contributed by atoms with Crippen LogP contribution < -0.4 is 5.32 Å². The Balaban J connectivity index is 2.66. The summed E-state index contributed by atoms with van der Waals surface area (Å²) in [7, 11) is 0. The first kappa shape index (κ1) is 12.0. The zero-order chi connectivity index (χ0) is 11.5. The van der Waals surface area contributed by atoms with Crippen LogP contribution >= 0.6 is 11.6 Å². The second-order valence-electron chi connectivity index (χ2n) is 4.03. The van der Waals surface area contributed by atoms with Gasteiger partial charge >= 0.3 is 0 Å². The van der Waals surface area contributed by atoms with Gasteiger partial charge in [-0.25, -0.2) is 0 Å². The molecule has 0 saturated carbocycles. The molecule has 4 nitrogen and oxygen atoms in total. The van der Waals surface area contributed by atoms with Crippen LogP contribution in [0, 0.1) is 5.41 Å². The lowest BCUT2D eigenvalue weighted by Crippen LogP contribution is -2.32. The van der Waals surface area contributed by atoms with Crippen LogP contribution in [-0.4, -0.2) is 21.6 Å². The van der Waals surface area contributed by atoms with Gasteiger partial charge in [0.15, 0.2) is 5.82 Å². The molecule has 0 spiro atoms. The molecule has 1 aromatic heterocycles. The highest BCUT2D eigenvalue weighted by atomic mass is 35.5. The highest BCUT2D eigenvalue weighted by molar-refractivity contribution is 6.20. The number of halogens is 1. The summed E-state index contributed by atoms with van der Waals surface area (Å²) in [5.74, 6) is 0.742. The Kier molecular flexibility index (Phi) is 3.74. The first-order chi connectivity index (χ1) is 6.99. The van der Waals surface area contributed by atoms with Crippen LogP contribution in [0.1, 0.15) is 20.8 Å². The van der Waals surface area contributed by atoms with E-state index in [9.17, 15) is 4.79 Å². The third-order valence-electron chi connectivity index (χ3n) is 2.16. The lowest BCUT2D eigenvalue weighted by atomic mass is 9.95. The third-order valence-corrected chi connectivity index (χ3v) is 2.82. The summed E-state index contributed by atoms with van der Waals surface area (Å²) in [4.78, 5) is 11.7. The van der Waals surface area contributed by atoms with E-state index in [0.717, 1.165) is 6.54 Å². The van der Waals surface area contributed by atoms with E-state index in [4.69, 9.17) is 11.6 Å². The van der Waals surface area contributed by atoms with Gasteiger partial charge in [0.25, 0.3) is 0 Å². The highest BCUT2D eigenvalue weighted by Crippen LogP contribution is 2.19. The van der Waals surface area contributed by atoms with Crippen molar-refractivity contribution in [3.63, 3.8) is 0 Å². The Morgan fingerprint density at radius 1 is 1.67 bits per heavy atom. The summed E-state index contributed by atoms with van der Waals surface area (Å²) in [5.41, 5.74) is -0.572. The van der Waals surface area contributed by atoms with Gasteiger partial charge in [0.1, 0.15) is 0 Å². The van der Waals surface area contributed by atoms with Crippen LogP contribution in [0.4, 0.5) is 5.82 Å². The van der Waals surface area contributed by atoms with Gasteiger partial charge in [0.2, 0.25) is 5.91 Å². The quantitative estimate of drug-likeness (QED) is 0.804. The number of hydrogen-bond acceptors (Lipinski definition) is 2. The summed E-state index contributed by atoms with van der Waals surface area (Å²) in [6, 6.07) is 1.77.